The molecule has 0 radical (unpaired) electrons. The third-order valence-electron chi connectivity index (χ3n) is 2.88. The monoisotopic (exact) mass is 220 g/mol. The van der Waals surface area contributed by atoms with Gasteiger partial charge in [-0.15, -0.1) is 0 Å². The second-order valence-electron chi connectivity index (χ2n) is 3.97. The lowest BCUT2D eigenvalue weighted by atomic mass is 10.1. The Bertz CT molecular complexity index is 345. The number of amides is 1. The lowest BCUT2D eigenvalue weighted by Crippen LogP contribution is -2.38. The van der Waals surface area contributed by atoms with Crippen LogP contribution < -0.4 is 5.73 Å². The number of carbonyl (C=O) groups excluding carboxylic acids is 1. The van der Waals surface area contributed by atoms with E-state index in [1.54, 1.807) is 24.3 Å². The zero-order valence-corrected chi connectivity index (χ0v) is 10.2. The van der Waals surface area contributed by atoms with E-state index in [1.165, 1.54) is 0 Å². The Hall–Kier alpha value is -1.51. The quantitative estimate of drug-likeness (QED) is 0.792. The van der Waals surface area contributed by atoms with E-state index in [0.29, 0.717) is 11.3 Å². The molecule has 0 saturated heterocycles. The highest BCUT2D eigenvalue weighted by molar-refractivity contribution is 5.94. The second-order valence-corrected chi connectivity index (χ2v) is 3.97. The molecule has 3 nitrogen and oxygen atoms in total. The number of hydrogen-bond donors (Lipinski definition) is 1. The van der Waals surface area contributed by atoms with Crippen LogP contribution in [0.3, 0.4) is 0 Å². The van der Waals surface area contributed by atoms with Gasteiger partial charge in [-0.1, -0.05) is 6.92 Å². The molecule has 0 heterocycles. The van der Waals surface area contributed by atoms with E-state index < -0.39 is 0 Å². The van der Waals surface area contributed by atoms with Crippen molar-refractivity contribution in [3.63, 3.8) is 0 Å². The van der Waals surface area contributed by atoms with E-state index in [1.807, 2.05) is 11.8 Å². The smallest absolute Gasteiger partial charge is 0.254 e. The van der Waals surface area contributed by atoms with Crippen LogP contribution in [0.4, 0.5) is 5.69 Å². The minimum atomic E-state index is 0.0804. The molecule has 1 unspecified atom stereocenters. The molecule has 0 aliphatic heterocycles. The van der Waals surface area contributed by atoms with Gasteiger partial charge in [0.2, 0.25) is 0 Å². The first-order valence-electron chi connectivity index (χ1n) is 5.76. The Morgan fingerprint density at radius 3 is 2.31 bits per heavy atom. The number of hydrogen-bond acceptors (Lipinski definition) is 2. The van der Waals surface area contributed by atoms with E-state index >= 15 is 0 Å². The number of carbonyl (C=O) groups is 1. The molecular weight excluding hydrogens is 200 g/mol. The maximum atomic E-state index is 12.2. The standard InChI is InChI=1S/C13H20N2O/c1-4-10(3)15(5-2)13(16)11-6-8-12(14)9-7-11/h6-10H,4-5,14H2,1-3H3. The molecule has 2 N–H and O–H groups in total. The van der Waals surface area contributed by atoms with Gasteiger partial charge < -0.3 is 10.6 Å². The van der Waals surface area contributed by atoms with Crippen molar-refractivity contribution in [2.75, 3.05) is 12.3 Å². The van der Waals surface area contributed by atoms with E-state index in [9.17, 15) is 4.79 Å². The molecule has 16 heavy (non-hydrogen) atoms. The molecule has 88 valence electrons. The zero-order valence-electron chi connectivity index (χ0n) is 10.2. The Kier molecular flexibility index (Phi) is 4.35. The molecule has 0 saturated carbocycles. The number of anilines is 1. The minimum Gasteiger partial charge on any atom is -0.399 e. The van der Waals surface area contributed by atoms with Gasteiger partial charge in [0.25, 0.3) is 5.91 Å². The van der Waals surface area contributed by atoms with Gasteiger partial charge >= 0.3 is 0 Å². The van der Waals surface area contributed by atoms with E-state index in [0.717, 1.165) is 13.0 Å². The Morgan fingerprint density at radius 1 is 1.31 bits per heavy atom. The fraction of sp³-hybridized carbons (Fsp3) is 0.462. The highest BCUT2D eigenvalue weighted by atomic mass is 16.2. The Balaban J connectivity index is 2.87. The van der Waals surface area contributed by atoms with Crippen LogP contribution in [-0.4, -0.2) is 23.4 Å². The van der Waals surface area contributed by atoms with Crippen LogP contribution >= 0.6 is 0 Å². The van der Waals surface area contributed by atoms with Crippen molar-refractivity contribution in [2.45, 2.75) is 33.2 Å². The molecule has 1 aromatic carbocycles. The maximum absolute atomic E-state index is 12.2. The van der Waals surface area contributed by atoms with Gasteiger partial charge in [-0.25, -0.2) is 0 Å². The summed E-state index contributed by atoms with van der Waals surface area (Å²) in [6.45, 7) is 6.89. The first-order valence-corrected chi connectivity index (χ1v) is 5.76. The second kappa shape index (κ2) is 5.54. The average Bonchev–Trinajstić information content (AvgIpc) is 2.30. The number of nitrogens with two attached hydrogens (primary N) is 1. The molecular formula is C13H20N2O. The average molecular weight is 220 g/mol. The molecule has 0 aromatic heterocycles. The topological polar surface area (TPSA) is 46.3 Å². The van der Waals surface area contributed by atoms with Crippen molar-refractivity contribution < 1.29 is 4.79 Å². The molecule has 0 spiro atoms. The number of rotatable bonds is 4. The summed E-state index contributed by atoms with van der Waals surface area (Å²) in [5.41, 5.74) is 6.98. The summed E-state index contributed by atoms with van der Waals surface area (Å²) in [7, 11) is 0. The molecule has 3 heteroatoms. The molecule has 1 aromatic rings. The normalized spacial score (nSPS) is 12.2. The molecule has 0 fully saturated rings. The highest BCUT2D eigenvalue weighted by Gasteiger charge is 2.18. The van der Waals surface area contributed by atoms with Crippen molar-refractivity contribution in [1.29, 1.82) is 0 Å². The van der Waals surface area contributed by atoms with Crippen LogP contribution in [0, 0.1) is 0 Å². The Morgan fingerprint density at radius 2 is 1.88 bits per heavy atom. The fourth-order valence-corrected chi connectivity index (χ4v) is 1.67. The summed E-state index contributed by atoms with van der Waals surface area (Å²) in [5.74, 6) is 0.0804. The maximum Gasteiger partial charge on any atom is 0.254 e. The number of nitrogens with zero attached hydrogens (tertiary/aromatic N) is 1. The lowest BCUT2D eigenvalue weighted by Gasteiger charge is -2.27. The van der Waals surface area contributed by atoms with Crippen LogP contribution in [-0.2, 0) is 0 Å². The van der Waals surface area contributed by atoms with Crippen molar-refractivity contribution in [3.8, 4) is 0 Å². The predicted octanol–water partition coefficient (Wildman–Crippen LogP) is 2.53. The van der Waals surface area contributed by atoms with Crippen molar-refractivity contribution in [1.82, 2.24) is 4.90 Å². The summed E-state index contributed by atoms with van der Waals surface area (Å²) >= 11 is 0. The highest BCUT2D eigenvalue weighted by Crippen LogP contribution is 2.12. The van der Waals surface area contributed by atoms with Gasteiger partial charge in [-0.2, -0.15) is 0 Å². The van der Waals surface area contributed by atoms with Crippen LogP contribution in [0.15, 0.2) is 24.3 Å². The molecule has 1 rings (SSSR count). The Labute approximate surface area is 97.2 Å². The van der Waals surface area contributed by atoms with Crippen LogP contribution in [0.25, 0.3) is 0 Å². The summed E-state index contributed by atoms with van der Waals surface area (Å²) in [6.07, 6.45) is 0.967. The van der Waals surface area contributed by atoms with E-state index in [2.05, 4.69) is 13.8 Å². The van der Waals surface area contributed by atoms with Crippen molar-refractivity contribution >= 4 is 11.6 Å². The number of nitrogen functional groups attached to an aromatic ring is 1. The SMILES string of the molecule is CCC(C)N(CC)C(=O)c1ccc(N)cc1. The zero-order chi connectivity index (χ0) is 12.1. The van der Waals surface area contributed by atoms with Gasteiger partial charge in [0.15, 0.2) is 0 Å². The first kappa shape index (κ1) is 12.6. The molecule has 0 aliphatic rings. The molecule has 1 atom stereocenters. The molecule has 1 amide bonds. The first-order chi connectivity index (χ1) is 7.60. The summed E-state index contributed by atoms with van der Waals surface area (Å²) in [5, 5.41) is 0. The predicted molar refractivity (Wildman–Crippen MR) is 67.3 cm³/mol. The third-order valence-corrected chi connectivity index (χ3v) is 2.88. The van der Waals surface area contributed by atoms with Crippen molar-refractivity contribution in [3.05, 3.63) is 29.8 Å². The van der Waals surface area contributed by atoms with Gasteiger partial charge in [0, 0.05) is 23.8 Å². The van der Waals surface area contributed by atoms with Gasteiger partial charge in [-0.3, -0.25) is 4.79 Å². The third kappa shape index (κ3) is 2.75. The fourth-order valence-electron chi connectivity index (χ4n) is 1.67. The summed E-state index contributed by atoms with van der Waals surface area (Å²) < 4.78 is 0. The van der Waals surface area contributed by atoms with E-state index in [4.69, 9.17) is 5.73 Å². The largest absolute Gasteiger partial charge is 0.399 e. The lowest BCUT2D eigenvalue weighted by molar-refractivity contribution is 0.0700. The van der Waals surface area contributed by atoms with Crippen LogP contribution in [0.2, 0.25) is 0 Å². The van der Waals surface area contributed by atoms with Gasteiger partial charge in [0.05, 0.1) is 0 Å². The van der Waals surface area contributed by atoms with Gasteiger partial charge in [0.1, 0.15) is 0 Å². The molecule has 0 bridgehead atoms. The molecule has 0 aliphatic carbocycles. The number of benzene rings is 1. The minimum absolute atomic E-state index is 0.0804. The summed E-state index contributed by atoms with van der Waals surface area (Å²) in [6, 6.07) is 7.36. The van der Waals surface area contributed by atoms with Crippen molar-refractivity contribution in [2.24, 2.45) is 0 Å². The van der Waals surface area contributed by atoms with Crippen LogP contribution in [0.5, 0.6) is 0 Å². The van der Waals surface area contributed by atoms with Gasteiger partial charge in [-0.05, 0) is 44.5 Å². The summed E-state index contributed by atoms with van der Waals surface area (Å²) in [4.78, 5) is 14.1. The van der Waals surface area contributed by atoms with E-state index in [-0.39, 0.29) is 11.9 Å². The van der Waals surface area contributed by atoms with Crippen LogP contribution in [0.1, 0.15) is 37.6 Å².